The average Bonchev–Trinajstić information content (AvgIpc) is 2.99. The maximum Gasteiger partial charge on any atom is 0.119 e. The molecule has 0 bridgehead atoms. The van der Waals surface area contributed by atoms with Crippen molar-refractivity contribution < 1.29 is 4.74 Å². The van der Waals surface area contributed by atoms with Gasteiger partial charge in [-0.25, -0.2) is 0 Å². The van der Waals surface area contributed by atoms with E-state index in [1.54, 1.807) is 0 Å². The molecule has 0 N–H and O–H groups in total. The van der Waals surface area contributed by atoms with Crippen molar-refractivity contribution in [1.29, 1.82) is 0 Å². The van der Waals surface area contributed by atoms with Crippen LogP contribution in [0.3, 0.4) is 0 Å². The third kappa shape index (κ3) is 2.78. The Hall–Kier alpha value is -0.980. The summed E-state index contributed by atoms with van der Waals surface area (Å²) in [4.78, 5) is 0. The van der Waals surface area contributed by atoms with E-state index >= 15 is 0 Å². The monoisotopic (exact) mass is 366 g/mol. The van der Waals surface area contributed by atoms with Crippen LogP contribution in [0.5, 0.6) is 5.75 Å². The van der Waals surface area contributed by atoms with Crippen LogP contribution < -0.4 is 4.74 Å². The van der Waals surface area contributed by atoms with Crippen LogP contribution in [0.15, 0.2) is 24.3 Å². The molecule has 1 aromatic rings. The quantitative estimate of drug-likeness (QED) is 0.539. The number of benzene rings is 1. The molecule has 0 saturated heterocycles. The molecule has 0 amide bonds. The van der Waals surface area contributed by atoms with Crippen LogP contribution in [0.25, 0.3) is 0 Å². The van der Waals surface area contributed by atoms with E-state index in [4.69, 9.17) is 4.74 Å². The van der Waals surface area contributed by atoms with E-state index in [-0.39, 0.29) is 0 Å². The standard InChI is InChI=1S/C26H38O/c1-18-7-10-20(11-8-18)27-24-14-13-22-21-12-9-19-6-4-5-16-25(19,2)23(21)15-17-26(22,24)3/h7-8,10-11,19,21-24H,4-6,9,12-17H2,1-3H3/t19?,21-,22-,23+,24?,25-,26-/m0/s1. The van der Waals surface area contributed by atoms with Gasteiger partial charge < -0.3 is 4.74 Å². The molecule has 1 aromatic carbocycles. The highest BCUT2D eigenvalue weighted by molar-refractivity contribution is 5.27. The van der Waals surface area contributed by atoms with Crippen molar-refractivity contribution in [2.24, 2.45) is 34.5 Å². The molecule has 0 aromatic heterocycles. The molecule has 4 aliphatic rings. The number of fused-ring (bicyclic) bond motifs is 5. The van der Waals surface area contributed by atoms with E-state index in [1.807, 2.05) is 0 Å². The Balaban J connectivity index is 1.37. The van der Waals surface area contributed by atoms with E-state index in [9.17, 15) is 0 Å². The zero-order valence-corrected chi connectivity index (χ0v) is 17.7. The molecule has 4 saturated carbocycles. The molecular weight excluding hydrogens is 328 g/mol. The van der Waals surface area contributed by atoms with Crippen molar-refractivity contribution in [3.63, 3.8) is 0 Å². The Kier molecular flexibility index (Phi) is 4.37. The number of ether oxygens (including phenoxy) is 1. The fourth-order valence-electron chi connectivity index (χ4n) is 8.22. The van der Waals surface area contributed by atoms with Gasteiger partial charge in [0.1, 0.15) is 11.9 Å². The van der Waals surface area contributed by atoms with Crippen LogP contribution in [0.2, 0.25) is 0 Å². The highest BCUT2D eigenvalue weighted by Crippen LogP contribution is 2.66. The van der Waals surface area contributed by atoms with Crippen LogP contribution in [0.4, 0.5) is 0 Å². The van der Waals surface area contributed by atoms with Gasteiger partial charge in [-0.15, -0.1) is 0 Å². The second kappa shape index (κ2) is 6.53. The molecule has 2 unspecified atom stereocenters. The summed E-state index contributed by atoms with van der Waals surface area (Å²) in [6, 6.07) is 8.72. The van der Waals surface area contributed by atoms with Crippen LogP contribution in [-0.4, -0.2) is 6.10 Å². The van der Waals surface area contributed by atoms with E-state index in [1.165, 1.54) is 69.8 Å². The minimum Gasteiger partial charge on any atom is -0.490 e. The van der Waals surface area contributed by atoms with Gasteiger partial charge in [-0.2, -0.15) is 0 Å². The summed E-state index contributed by atoms with van der Waals surface area (Å²) >= 11 is 0. The van der Waals surface area contributed by atoms with Gasteiger partial charge in [0.05, 0.1) is 0 Å². The second-order valence-corrected chi connectivity index (χ2v) is 10.9. The summed E-state index contributed by atoms with van der Waals surface area (Å²) in [5.41, 5.74) is 2.36. The van der Waals surface area contributed by atoms with E-state index in [2.05, 4.69) is 45.0 Å². The molecule has 5 rings (SSSR count). The SMILES string of the molecule is Cc1ccc(OC2CC[C@H]3[C@@H]4CCC5CCCC[C@]5(C)[C@@H]4CC[C@]23C)cc1. The molecule has 1 nitrogen and oxygen atoms in total. The fourth-order valence-corrected chi connectivity index (χ4v) is 8.22. The lowest BCUT2D eigenvalue weighted by Crippen LogP contribution is -2.53. The summed E-state index contributed by atoms with van der Waals surface area (Å²) in [6.07, 6.45) is 14.9. The Bertz CT molecular complexity index is 678. The molecule has 148 valence electrons. The van der Waals surface area contributed by atoms with Crippen molar-refractivity contribution >= 4 is 0 Å². The topological polar surface area (TPSA) is 9.23 Å². The lowest BCUT2D eigenvalue weighted by Gasteiger charge is -2.60. The van der Waals surface area contributed by atoms with Crippen molar-refractivity contribution in [1.82, 2.24) is 0 Å². The highest BCUT2D eigenvalue weighted by Gasteiger charge is 2.60. The van der Waals surface area contributed by atoms with Gasteiger partial charge in [0.15, 0.2) is 0 Å². The first-order chi connectivity index (χ1) is 13.0. The molecule has 0 aliphatic heterocycles. The number of hydrogen-bond donors (Lipinski definition) is 0. The predicted octanol–water partition coefficient (Wildman–Crippen LogP) is 7.18. The summed E-state index contributed by atoms with van der Waals surface area (Å²) < 4.78 is 6.61. The molecule has 4 aliphatic carbocycles. The first-order valence-corrected chi connectivity index (χ1v) is 11.7. The maximum atomic E-state index is 6.61. The molecule has 7 atom stereocenters. The van der Waals surface area contributed by atoms with Gasteiger partial charge in [0.2, 0.25) is 0 Å². The minimum absolute atomic E-state index is 0.393. The third-order valence-electron chi connectivity index (χ3n) is 9.80. The van der Waals surface area contributed by atoms with Gasteiger partial charge in [-0.3, -0.25) is 0 Å². The van der Waals surface area contributed by atoms with Crippen LogP contribution in [0, 0.1) is 41.4 Å². The molecular formula is C26H38O. The molecule has 0 radical (unpaired) electrons. The Morgan fingerprint density at radius 3 is 2.37 bits per heavy atom. The van der Waals surface area contributed by atoms with Gasteiger partial charge in [0.25, 0.3) is 0 Å². The van der Waals surface area contributed by atoms with Crippen molar-refractivity contribution in [3.05, 3.63) is 29.8 Å². The van der Waals surface area contributed by atoms with Crippen LogP contribution in [0.1, 0.15) is 83.6 Å². The van der Waals surface area contributed by atoms with E-state index in [0.717, 1.165) is 29.4 Å². The number of rotatable bonds is 2. The van der Waals surface area contributed by atoms with E-state index < -0.39 is 0 Å². The number of aryl methyl sites for hydroxylation is 1. The average molecular weight is 367 g/mol. The first kappa shape index (κ1) is 18.1. The molecule has 0 heterocycles. The van der Waals surface area contributed by atoms with Crippen molar-refractivity contribution in [2.45, 2.75) is 91.1 Å². The molecule has 27 heavy (non-hydrogen) atoms. The van der Waals surface area contributed by atoms with Gasteiger partial charge in [0, 0.05) is 5.41 Å². The Morgan fingerprint density at radius 2 is 1.56 bits per heavy atom. The first-order valence-electron chi connectivity index (χ1n) is 11.7. The lowest BCUT2D eigenvalue weighted by atomic mass is 9.45. The Labute approximate surface area is 166 Å². The Morgan fingerprint density at radius 1 is 0.778 bits per heavy atom. The third-order valence-corrected chi connectivity index (χ3v) is 9.80. The largest absolute Gasteiger partial charge is 0.490 e. The highest BCUT2D eigenvalue weighted by atomic mass is 16.5. The van der Waals surface area contributed by atoms with Gasteiger partial charge in [-0.1, -0.05) is 44.4 Å². The second-order valence-electron chi connectivity index (χ2n) is 10.9. The lowest BCUT2D eigenvalue weighted by molar-refractivity contribution is -0.117. The zero-order chi connectivity index (χ0) is 18.6. The number of hydrogen-bond acceptors (Lipinski definition) is 1. The zero-order valence-electron chi connectivity index (χ0n) is 17.7. The molecule has 1 heteroatoms. The predicted molar refractivity (Wildman–Crippen MR) is 112 cm³/mol. The summed E-state index contributed by atoms with van der Waals surface area (Å²) in [7, 11) is 0. The normalized spacial score (nSPS) is 46.3. The maximum absolute atomic E-state index is 6.61. The summed E-state index contributed by atoms with van der Waals surface area (Å²) in [5, 5.41) is 0. The summed E-state index contributed by atoms with van der Waals surface area (Å²) in [6.45, 7) is 7.42. The van der Waals surface area contributed by atoms with Gasteiger partial charge >= 0.3 is 0 Å². The minimum atomic E-state index is 0.393. The van der Waals surface area contributed by atoms with Crippen LogP contribution in [-0.2, 0) is 0 Å². The van der Waals surface area contributed by atoms with Gasteiger partial charge in [-0.05, 0) is 99.5 Å². The van der Waals surface area contributed by atoms with Crippen molar-refractivity contribution in [2.75, 3.05) is 0 Å². The summed E-state index contributed by atoms with van der Waals surface area (Å²) in [5.74, 6) is 4.96. The van der Waals surface area contributed by atoms with E-state index in [0.29, 0.717) is 16.9 Å². The van der Waals surface area contributed by atoms with Crippen molar-refractivity contribution in [3.8, 4) is 5.75 Å². The smallest absolute Gasteiger partial charge is 0.119 e. The fraction of sp³-hybridized carbons (Fsp3) is 0.769. The van der Waals surface area contributed by atoms with Crippen LogP contribution >= 0.6 is 0 Å². The molecule has 0 spiro atoms. The molecule has 4 fully saturated rings.